The Kier molecular flexibility index (Phi) is 5.69. The summed E-state index contributed by atoms with van der Waals surface area (Å²) in [6.07, 6.45) is 1.96. The zero-order valence-corrected chi connectivity index (χ0v) is 15.3. The van der Waals surface area contributed by atoms with Crippen LogP contribution in [0.15, 0.2) is 54.6 Å². The van der Waals surface area contributed by atoms with Crippen LogP contribution in [0.3, 0.4) is 0 Å². The number of hydrogen-bond donors (Lipinski definition) is 0. The fourth-order valence-electron chi connectivity index (χ4n) is 3.41. The Morgan fingerprint density at radius 2 is 1.78 bits per heavy atom. The quantitative estimate of drug-likeness (QED) is 0.588. The molecule has 0 amide bonds. The Morgan fingerprint density at radius 1 is 1.11 bits per heavy atom. The molecule has 2 aromatic rings. The summed E-state index contributed by atoms with van der Waals surface area (Å²) in [6, 6.07) is 13.3. The highest BCUT2D eigenvalue weighted by Crippen LogP contribution is 2.40. The lowest BCUT2D eigenvalue weighted by molar-refractivity contribution is -0.151. The van der Waals surface area contributed by atoms with Crippen LogP contribution in [-0.4, -0.2) is 25.5 Å². The van der Waals surface area contributed by atoms with E-state index in [4.69, 9.17) is 9.47 Å². The fraction of sp³-hybridized carbons (Fsp3) is 0.273. The van der Waals surface area contributed by atoms with E-state index in [0.717, 1.165) is 16.7 Å². The van der Waals surface area contributed by atoms with Gasteiger partial charge in [0.2, 0.25) is 0 Å². The Morgan fingerprint density at radius 3 is 2.37 bits per heavy atom. The van der Waals surface area contributed by atoms with E-state index in [1.165, 1.54) is 18.2 Å². The molecule has 140 valence electrons. The van der Waals surface area contributed by atoms with Gasteiger partial charge in [0.1, 0.15) is 17.5 Å². The van der Waals surface area contributed by atoms with Crippen LogP contribution >= 0.6 is 0 Å². The van der Waals surface area contributed by atoms with Gasteiger partial charge in [0.15, 0.2) is 5.78 Å². The van der Waals surface area contributed by atoms with E-state index in [1.54, 1.807) is 38.3 Å². The molecule has 0 aliphatic heterocycles. The molecule has 0 heterocycles. The molecule has 2 unspecified atom stereocenters. The van der Waals surface area contributed by atoms with Crippen molar-refractivity contribution in [1.82, 2.24) is 0 Å². The lowest BCUT2D eigenvalue weighted by Crippen LogP contribution is -2.34. The number of carbonyl (C=O) groups excluding carboxylic acids is 2. The third-order valence-corrected chi connectivity index (χ3v) is 4.76. The second-order valence-electron chi connectivity index (χ2n) is 6.39. The van der Waals surface area contributed by atoms with Crippen LogP contribution in [0.25, 0.3) is 5.57 Å². The Balaban J connectivity index is 1.99. The van der Waals surface area contributed by atoms with Gasteiger partial charge in [-0.15, -0.1) is 0 Å². The first-order valence-electron chi connectivity index (χ1n) is 8.84. The molecule has 0 N–H and O–H groups in total. The van der Waals surface area contributed by atoms with Gasteiger partial charge in [-0.2, -0.15) is 0 Å². The fourth-order valence-corrected chi connectivity index (χ4v) is 3.41. The van der Waals surface area contributed by atoms with E-state index in [1.807, 2.05) is 12.1 Å². The number of allylic oxidation sites excluding steroid dienone is 2. The average molecular weight is 368 g/mol. The van der Waals surface area contributed by atoms with Gasteiger partial charge in [-0.3, -0.25) is 9.59 Å². The Hall–Kier alpha value is -2.95. The van der Waals surface area contributed by atoms with Crippen molar-refractivity contribution in [1.29, 1.82) is 0 Å². The van der Waals surface area contributed by atoms with Crippen LogP contribution in [0.4, 0.5) is 4.39 Å². The van der Waals surface area contributed by atoms with E-state index in [0.29, 0.717) is 12.2 Å². The largest absolute Gasteiger partial charge is 0.497 e. The average Bonchev–Trinajstić information content (AvgIpc) is 2.68. The minimum atomic E-state index is -0.887. The molecule has 0 spiro atoms. The summed E-state index contributed by atoms with van der Waals surface area (Å²) in [5, 5.41) is 0. The number of methoxy groups -OCH3 is 1. The predicted octanol–water partition coefficient (Wildman–Crippen LogP) is 4.15. The third kappa shape index (κ3) is 4.08. The maximum absolute atomic E-state index is 13.2. The Bertz CT molecular complexity index is 853. The predicted molar refractivity (Wildman–Crippen MR) is 99.9 cm³/mol. The molecule has 0 saturated heterocycles. The Labute approximate surface area is 157 Å². The number of hydrogen-bond acceptors (Lipinski definition) is 4. The summed E-state index contributed by atoms with van der Waals surface area (Å²) in [5.74, 6) is -1.69. The standard InChI is InChI=1S/C22H21FO4/c1-3-27-22(25)21-19(15-6-10-18(26-2)11-7-15)12-16(13-20(21)24)14-4-8-17(23)9-5-14/h4-11,13,19,21H,3,12H2,1-2H3. The first-order valence-corrected chi connectivity index (χ1v) is 8.84. The number of carbonyl (C=O) groups is 2. The number of esters is 1. The highest BCUT2D eigenvalue weighted by atomic mass is 19.1. The SMILES string of the molecule is CCOC(=O)C1C(=O)C=C(c2ccc(F)cc2)CC1c1ccc(OC)cc1. The van der Waals surface area contributed by atoms with E-state index >= 15 is 0 Å². The van der Waals surface area contributed by atoms with Crippen LogP contribution < -0.4 is 4.74 Å². The molecule has 1 aliphatic carbocycles. The smallest absolute Gasteiger partial charge is 0.317 e. The highest BCUT2D eigenvalue weighted by molar-refractivity contribution is 6.10. The normalized spacial score (nSPS) is 19.4. The molecule has 0 fully saturated rings. The van der Waals surface area contributed by atoms with Crippen molar-refractivity contribution in [3.05, 3.63) is 71.6 Å². The van der Waals surface area contributed by atoms with Gasteiger partial charge in [0, 0.05) is 5.92 Å². The van der Waals surface area contributed by atoms with Crippen LogP contribution in [-0.2, 0) is 14.3 Å². The van der Waals surface area contributed by atoms with Crippen molar-refractivity contribution in [3.8, 4) is 5.75 Å². The van der Waals surface area contributed by atoms with Crippen LogP contribution in [0.1, 0.15) is 30.4 Å². The minimum absolute atomic E-state index is 0.215. The number of ether oxygens (including phenoxy) is 2. The van der Waals surface area contributed by atoms with Gasteiger partial charge in [-0.25, -0.2) is 4.39 Å². The number of rotatable bonds is 5. The van der Waals surface area contributed by atoms with E-state index in [9.17, 15) is 14.0 Å². The van der Waals surface area contributed by atoms with E-state index in [2.05, 4.69) is 0 Å². The van der Waals surface area contributed by atoms with Crippen molar-refractivity contribution < 1.29 is 23.5 Å². The summed E-state index contributed by atoms with van der Waals surface area (Å²) in [6.45, 7) is 1.93. The first-order chi connectivity index (χ1) is 13.0. The zero-order valence-electron chi connectivity index (χ0n) is 15.3. The number of ketones is 1. The van der Waals surface area contributed by atoms with Crippen molar-refractivity contribution in [2.24, 2.45) is 5.92 Å². The van der Waals surface area contributed by atoms with Gasteiger partial charge < -0.3 is 9.47 Å². The summed E-state index contributed by atoms with van der Waals surface area (Å²) in [5.41, 5.74) is 2.40. The number of halogens is 1. The second-order valence-corrected chi connectivity index (χ2v) is 6.39. The van der Waals surface area contributed by atoms with Crippen LogP contribution in [0.2, 0.25) is 0 Å². The zero-order chi connectivity index (χ0) is 19.4. The van der Waals surface area contributed by atoms with Gasteiger partial charge in [0.05, 0.1) is 13.7 Å². The number of benzene rings is 2. The molecule has 2 aromatic carbocycles. The monoisotopic (exact) mass is 368 g/mol. The van der Waals surface area contributed by atoms with Crippen molar-refractivity contribution in [2.75, 3.05) is 13.7 Å². The van der Waals surface area contributed by atoms with Gasteiger partial charge in [0.25, 0.3) is 0 Å². The molecule has 1 aliphatic rings. The topological polar surface area (TPSA) is 52.6 Å². The maximum Gasteiger partial charge on any atom is 0.317 e. The van der Waals surface area contributed by atoms with Crippen LogP contribution in [0.5, 0.6) is 5.75 Å². The molecule has 4 nitrogen and oxygen atoms in total. The molecule has 3 rings (SSSR count). The first kappa shape index (κ1) is 18.8. The van der Waals surface area contributed by atoms with Gasteiger partial charge in [-0.05, 0) is 60.4 Å². The lowest BCUT2D eigenvalue weighted by Gasteiger charge is -2.29. The summed E-state index contributed by atoms with van der Waals surface area (Å²) in [7, 11) is 1.58. The molecular formula is C22H21FO4. The molecule has 5 heteroatoms. The maximum atomic E-state index is 13.2. The molecule has 0 saturated carbocycles. The van der Waals surface area contributed by atoms with Crippen molar-refractivity contribution in [2.45, 2.75) is 19.3 Å². The summed E-state index contributed by atoms with van der Waals surface area (Å²) < 4.78 is 23.6. The van der Waals surface area contributed by atoms with E-state index < -0.39 is 11.9 Å². The van der Waals surface area contributed by atoms with Gasteiger partial charge in [-0.1, -0.05) is 24.3 Å². The molecule has 0 radical (unpaired) electrons. The summed E-state index contributed by atoms with van der Waals surface area (Å²) in [4.78, 5) is 25.2. The molecule has 0 bridgehead atoms. The molecular weight excluding hydrogens is 347 g/mol. The molecule has 27 heavy (non-hydrogen) atoms. The second kappa shape index (κ2) is 8.16. The third-order valence-electron chi connectivity index (χ3n) is 4.76. The van der Waals surface area contributed by atoms with Crippen molar-refractivity contribution >= 4 is 17.3 Å². The minimum Gasteiger partial charge on any atom is -0.497 e. The van der Waals surface area contributed by atoms with Crippen LogP contribution in [0, 0.1) is 11.7 Å². The van der Waals surface area contributed by atoms with Gasteiger partial charge >= 0.3 is 5.97 Å². The molecule has 2 atom stereocenters. The van der Waals surface area contributed by atoms with E-state index in [-0.39, 0.29) is 24.1 Å². The van der Waals surface area contributed by atoms with Crippen molar-refractivity contribution in [3.63, 3.8) is 0 Å². The molecule has 0 aromatic heterocycles. The lowest BCUT2D eigenvalue weighted by atomic mass is 9.73. The highest BCUT2D eigenvalue weighted by Gasteiger charge is 2.39. The summed E-state index contributed by atoms with van der Waals surface area (Å²) >= 11 is 0.